The van der Waals surface area contributed by atoms with Crippen molar-refractivity contribution in [2.24, 2.45) is 5.92 Å². The summed E-state index contributed by atoms with van der Waals surface area (Å²) in [6.07, 6.45) is 0. The second-order valence-corrected chi connectivity index (χ2v) is 13.7. The fourth-order valence-electron chi connectivity index (χ4n) is 4.62. The van der Waals surface area contributed by atoms with Crippen molar-refractivity contribution in [2.75, 3.05) is 19.0 Å². The van der Waals surface area contributed by atoms with Crippen LogP contribution in [0.3, 0.4) is 0 Å². The summed E-state index contributed by atoms with van der Waals surface area (Å²) in [4.78, 5) is 37.3. The lowest BCUT2D eigenvalue weighted by Crippen LogP contribution is -2.47. The van der Waals surface area contributed by atoms with Crippen LogP contribution in [0.15, 0.2) is 76.0 Å². The van der Waals surface area contributed by atoms with Crippen molar-refractivity contribution < 1.29 is 41.4 Å². The third kappa shape index (κ3) is 8.12. The average molecular weight is 651 g/mol. The van der Waals surface area contributed by atoms with Gasteiger partial charge in [-0.2, -0.15) is 4.72 Å². The Labute approximate surface area is 268 Å². The normalized spacial score (nSPS) is 12.5. The molecule has 46 heavy (non-hydrogen) atoms. The Kier molecular flexibility index (Phi) is 10.2. The van der Waals surface area contributed by atoms with Gasteiger partial charge in [0.05, 0.1) is 17.4 Å². The van der Waals surface area contributed by atoms with Crippen LogP contribution in [-0.4, -0.2) is 51.6 Å². The van der Waals surface area contributed by atoms with Crippen molar-refractivity contribution in [1.82, 2.24) is 4.72 Å². The van der Waals surface area contributed by atoms with Crippen molar-refractivity contribution in [2.45, 2.75) is 58.1 Å². The maximum atomic E-state index is 13.1. The van der Waals surface area contributed by atoms with Gasteiger partial charge in [-0.25, -0.2) is 13.2 Å². The van der Waals surface area contributed by atoms with Crippen molar-refractivity contribution in [3.8, 4) is 16.9 Å². The zero-order valence-corrected chi connectivity index (χ0v) is 27.6. The summed E-state index contributed by atoms with van der Waals surface area (Å²) in [5.74, 6) is -1.47. The number of esters is 2. The minimum atomic E-state index is -4.01. The first-order valence-corrected chi connectivity index (χ1v) is 16.1. The molecule has 1 atom stereocenters. The van der Waals surface area contributed by atoms with Gasteiger partial charge < -0.3 is 23.9 Å². The summed E-state index contributed by atoms with van der Waals surface area (Å²) in [5.41, 5.74) is 2.29. The van der Waals surface area contributed by atoms with Crippen LogP contribution < -0.4 is 14.8 Å². The molecule has 0 spiro atoms. The molecular formula is C34H38N2O9S. The van der Waals surface area contributed by atoms with Gasteiger partial charge >= 0.3 is 11.9 Å². The number of fused-ring (bicyclic) bond motifs is 1. The van der Waals surface area contributed by atoms with Crippen molar-refractivity contribution in [1.29, 1.82) is 0 Å². The Morgan fingerprint density at radius 1 is 0.913 bits per heavy atom. The molecule has 0 aliphatic carbocycles. The fourth-order valence-corrected chi connectivity index (χ4v) is 5.95. The molecule has 4 aromatic rings. The summed E-state index contributed by atoms with van der Waals surface area (Å²) < 4.78 is 50.1. The molecule has 0 saturated heterocycles. The molecular weight excluding hydrogens is 612 g/mol. The summed E-state index contributed by atoms with van der Waals surface area (Å²) in [6, 6.07) is 17.3. The molecule has 0 bridgehead atoms. The van der Waals surface area contributed by atoms with E-state index in [0.717, 1.165) is 11.1 Å². The standard InChI is InChI=1S/C34H38N2O9S/c1-20(2)30(33(39)45-34(4,5)6)36-46(40,41)25-17-13-23(14-18-25)22-11-15-24(16-12-22)35-32(38)31-21(3)29-26(43-19-28(37)42-7)9-8-10-27(29)44-31/h8-18,20,30,36H,19H2,1-7H3,(H,35,38)/t30-/m0/s1. The first kappa shape index (κ1) is 34.2. The first-order chi connectivity index (χ1) is 21.6. The van der Waals surface area contributed by atoms with Gasteiger partial charge in [-0.05, 0) is 81.1 Å². The summed E-state index contributed by atoms with van der Waals surface area (Å²) in [6.45, 7) is 10.1. The lowest BCUT2D eigenvalue weighted by atomic mass is 10.1. The summed E-state index contributed by atoms with van der Waals surface area (Å²) in [5, 5.41) is 3.40. The summed E-state index contributed by atoms with van der Waals surface area (Å²) >= 11 is 0. The minimum Gasteiger partial charge on any atom is -0.481 e. The molecule has 11 nitrogen and oxygen atoms in total. The lowest BCUT2D eigenvalue weighted by molar-refractivity contribution is -0.158. The molecule has 0 saturated carbocycles. The number of amides is 1. The van der Waals surface area contributed by atoms with E-state index in [9.17, 15) is 22.8 Å². The van der Waals surface area contributed by atoms with Crippen LogP contribution in [0.5, 0.6) is 5.75 Å². The van der Waals surface area contributed by atoms with Crippen molar-refractivity contribution in [3.63, 3.8) is 0 Å². The van der Waals surface area contributed by atoms with Gasteiger partial charge in [0.15, 0.2) is 12.4 Å². The van der Waals surface area contributed by atoms with Crippen LogP contribution in [0.25, 0.3) is 22.1 Å². The number of carbonyl (C=O) groups excluding carboxylic acids is 3. The van der Waals surface area contributed by atoms with E-state index in [4.69, 9.17) is 13.9 Å². The molecule has 0 radical (unpaired) electrons. The predicted octanol–water partition coefficient (Wildman–Crippen LogP) is 5.86. The SMILES string of the molecule is COC(=O)COc1cccc2oc(C(=O)Nc3ccc(-c4ccc(S(=O)(=O)N[C@H](C(=O)OC(C)(C)C)C(C)C)cc4)cc3)c(C)c12. The summed E-state index contributed by atoms with van der Waals surface area (Å²) in [7, 11) is -2.74. The van der Waals surface area contributed by atoms with Crippen LogP contribution in [0.2, 0.25) is 0 Å². The van der Waals surface area contributed by atoms with E-state index in [2.05, 4.69) is 14.8 Å². The van der Waals surface area contributed by atoms with Crippen molar-refractivity contribution in [3.05, 3.63) is 78.1 Å². The third-order valence-electron chi connectivity index (χ3n) is 6.95. The van der Waals surface area contributed by atoms with Gasteiger partial charge in [-0.3, -0.25) is 9.59 Å². The second-order valence-electron chi connectivity index (χ2n) is 12.0. The quantitative estimate of drug-likeness (QED) is 0.190. The number of furan rings is 1. The Hall–Kier alpha value is -4.68. The van der Waals surface area contributed by atoms with E-state index in [0.29, 0.717) is 28.0 Å². The van der Waals surface area contributed by atoms with Crippen LogP contribution in [-0.2, 0) is 29.1 Å². The number of hydrogen-bond donors (Lipinski definition) is 2. The van der Waals surface area contributed by atoms with E-state index in [1.54, 1.807) is 96.1 Å². The molecule has 2 N–H and O–H groups in total. The van der Waals surface area contributed by atoms with E-state index >= 15 is 0 Å². The zero-order valence-electron chi connectivity index (χ0n) is 26.8. The number of aryl methyl sites for hydroxylation is 1. The van der Waals surface area contributed by atoms with Gasteiger partial charge in [-0.15, -0.1) is 0 Å². The number of rotatable bonds is 11. The highest BCUT2D eigenvalue weighted by atomic mass is 32.2. The number of nitrogens with one attached hydrogen (secondary N) is 2. The Morgan fingerprint density at radius 2 is 1.52 bits per heavy atom. The molecule has 1 heterocycles. The largest absolute Gasteiger partial charge is 0.481 e. The molecule has 1 amide bonds. The van der Waals surface area contributed by atoms with Gasteiger partial charge in [0, 0.05) is 11.3 Å². The Bertz CT molecular complexity index is 1840. The number of benzene rings is 3. The van der Waals surface area contributed by atoms with Gasteiger partial charge in [0.1, 0.15) is 23.0 Å². The molecule has 0 fully saturated rings. The maximum Gasteiger partial charge on any atom is 0.343 e. The molecule has 3 aromatic carbocycles. The Balaban J connectivity index is 1.45. The van der Waals surface area contributed by atoms with Crippen LogP contribution in [0.4, 0.5) is 5.69 Å². The number of hydrogen-bond acceptors (Lipinski definition) is 9. The van der Waals surface area contributed by atoms with Gasteiger partial charge in [0.25, 0.3) is 5.91 Å². The number of carbonyl (C=O) groups is 3. The van der Waals surface area contributed by atoms with Gasteiger partial charge in [-0.1, -0.05) is 44.2 Å². The average Bonchev–Trinajstić information content (AvgIpc) is 3.35. The molecule has 1 aromatic heterocycles. The number of sulfonamides is 1. The third-order valence-corrected chi connectivity index (χ3v) is 8.40. The first-order valence-electron chi connectivity index (χ1n) is 14.6. The molecule has 0 aliphatic rings. The predicted molar refractivity (Wildman–Crippen MR) is 173 cm³/mol. The highest BCUT2D eigenvalue weighted by molar-refractivity contribution is 7.89. The monoisotopic (exact) mass is 650 g/mol. The van der Waals surface area contributed by atoms with Crippen LogP contribution in [0.1, 0.15) is 50.7 Å². The molecule has 0 aliphatic heterocycles. The topological polar surface area (TPSA) is 150 Å². The zero-order chi connectivity index (χ0) is 33.8. The molecule has 12 heteroatoms. The second kappa shape index (κ2) is 13.8. The van der Waals surface area contributed by atoms with E-state index < -0.39 is 39.5 Å². The van der Waals surface area contributed by atoms with Gasteiger partial charge in [0.2, 0.25) is 10.0 Å². The fraction of sp³-hybridized carbons (Fsp3) is 0.324. The smallest absolute Gasteiger partial charge is 0.343 e. The lowest BCUT2D eigenvalue weighted by Gasteiger charge is -2.26. The number of anilines is 1. The maximum absolute atomic E-state index is 13.1. The van der Waals surface area contributed by atoms with Crippen molar-refractivity contribution >= 4 is 44.5 Å². The molecule has 4 rings (SSSR count). The van der Waals surface area contributed by atoms with E-state index in [1.807, 2.05) is 0 Å². The van der Waals surface area contributed by atoms with E-state index in [-0.39, 0.29) is 23.2 Å². The highest BCUT2D eigenvalue weighted by Gasteiger charge is 2.32. The van der Waals surface area contributed by atoms with Crippen LogP contribution >= 0.6 is 0 Å². The Morgan fingerprint density at radius 3 is 2.09 bits per heavy atom. The molecule has 0 unspecified atom stereocenters. The molecule has 244 valence electrons. The van der Waals surface area contributed by atoms with Crippen LogP contribution in [0, 0.1) is 12.8 Å². The minimum absolute atomic E-state index is 0.00870. The van der Waals surface area contributed by atoms with E-state index in [1.165, 1.54) is 19.2 Å². The number of methoxy groups -OCH3 is 1. The number of ether oxygens (including phenoxy) is 3. The highest BCUT2D eigenvalue weighted by Crippen LogP contribution is 2.34.